The van der Waals surface area contributed by atoms with Crippen LogP contribution < -0.4 is 19.7 Å². The number of ether oxygens (including phenoxy) is 2. The molecule has 3 aromatic rings. The number of methoxy groups -OCH3 is 2. The quantitative estimate of drug-likeness (QED) is 0.517. The van der Waals surface area contributed by atoms with Gasteiger partial charge in [-0.2, -0.15) is 0 Å². The summed E-state index contributed by atoms with van der Waals surface area (Å²) in [5.74, 6) is 2.10. The number of hydrogen-bond acceptors (Lipinski definition) is 3. The maximum absolute atomic E-state index is 5.66. The van der Waals surface area contributed by atoms with E-state index in [0.29, 0.717) is 0 Å². The van der Waals surface area contributed by atoms with Crippen molar-refractivity contribution in [2.24, 2.45) is 0 Å². The van der Waals surface area contributed by atoms with Gasteiger partial charge in [0, 0.05) is 43.2 Å². The highest BCUT2D eigenvalue weighted by Crippen LogP contribution is 2.34. The normalized spacial score (nSPS) is 11.7. The van der Waals surface area contributed by atoms with E-state index in [1.54, 1.807) is 14.2 Å². The van der Waals surface area contributed by atoms with E-state index in [1.165, 1.54) is 22.4 Å². The number of para-hydroxylation sites is 1. The van der Waals surface area contributed by atoms with Gasteiger partial charge in [-0.1, -0.05) is 42.5 Å². The van der Waals surface area contributed by atoms with Crippen LogP contribution in [0.15, 0.2) is 72.8 Å². The fourth-order valence-electron chi connectivity index (χ4n) is 3.78. The minimum Gasteiger partial charge on any atom is -0.497 e. The maximum atomic E-state index is 5.66. The number of quaternary nitrogens is 1. The monoisotopic (exact) mass is 405 g/mol. The molecule has 0 aliphatic heterocycles. The van der Waals surface area contributed by atoms with Crippen molar-refractivity contribution in [3.8, 4) is 11.5 Å². The lowest BCUT2D eigenvalue weighted by molar-refractivity contribution is -0.671. The van der Waals surface area contributed by atoms with Crippen molar-refractivity contribution >= 4 is 5.69 Å². The van der Waals surface area contributed by atoms with Gasteiger partial charge in [0.2, 0.25) is 0 Å². The van der Waals surface area contributed by atoms with Crippen LogP contribution >= 0.6 is 0 Å². The topological polar surface area (TPSA) is 38.3 Å². The Hall–Kier alpha value is -2.98. The fourth-order valence-corrected chi connectivity index (χ4v) is 3.78. The molecule has 0 radical (unpaired) electrons. The third-order valence-corrected chi connectivity index (χ3v) is 5.52. The van der Waals surface area contributed by atoms with E-state index in [9.17, 15) is 0 Å². The fraction of sp³-hybridized carbons (Fsp3) is 0.308. The Morgan fingerprint density at radius 2 is 1.53 bits per heavy atom. The van der Waals surface area contributed by atoms with Gasteiger partial charge in [0.25, 0.3) is 0 Å². The summed E-state index contributed by atoms with van der Waals surface area (Å²) in [7, 11) is 7.58. The van der Waals surface area contributed by atoms with Crippen molar-refractivity contribution in [3.05, 3.63) is 89.5 Å². The summed E-state index contributed by atoms with van der Waals surface area (Å²) < 4.78 is 11.0. The Kier molecular flexibility index (Phi) is 7.75. The minimum atomic E-state index is 0.277. The van der Waals surface area contributed by atoms with Gasteiger partial charge in [0.1, 0.15) is 18.0 Å². The number of benzene rings is 3. The van der Waals surface area contributed by atoms with Crippen LogP contribution in [0.3, 0.4) is 0 Å². The van der Waals surface area contributed by atoms with Crippen LogP contribution in [0.1, 0.15) is 29.0 Å². The Morgan fingerprint density at radius 3 is 2.17 bits per heavy atom. The average Bonchev–Trinajstić information content (AvgIpc) is 2.79. The largest absolute Gasteiger partial charge is 0.497 e. The van der Waals surface area contributed by atoms with E-state index in [1.807, 2.05) is 24.3 Å². The molecule has 30 heavy (non-hydrogen) atoms. The predicted octanol–water partition coefficient (Wildman–Crippen LogP) is 4.06. The van der Waals surface area contributed by atoms with Gasteiger partial charge in [-0.05, 0) is 35.9 Å². The second-order valence-corrected chi connectivity index (χ2v) is 7.70. The van der Waals surface area contributed by atoms with E-state index >= 15 is 0 Å². The first-order valence-corrected chi connectivity index (χ1v) is 10.5. The third-order valence-electron chi connectivity index (χ3n) is 5.52. The molecule has 4 nitrogen and oxygen atoms in total. The lowest BCUT2D eigenvalue weighted by atomic mass is 9.88. The zero-order valence-corrected chi connectivity index (χ0v) is 18.5. The molecule has 0 saturated heterocycles. The molecule has 1 atom stereocenters. The first kappa shape index (κ1) is 21.7. The van der Waals surface area contributed by atoms with Crippen LogP contribution in [0.4, 0.5) is 5.69 Å². The molecule has 3 rings (SSSR count). The van der Waals surface area contributed by atoms with Gasteiger partial charge in [0.05, 0.1) is 20.8 Å². The molecule has 0 saturated carbocycles. The second kappa shape index (κ2) is 10.7. The highest BCUT2D eigenvalue weighted by atomic mass is 16.5. The van der Waals surface area contributed by atoms with Crippen LogP contribution in [-0.2, 0) is 6.54 Å². The molecule has 0 amide bonds. The molecule has 158 valence electrons. The molecule has 2 N–H and O–H groups in total. The molecule has 0 bridgehead atoms. The Labute approximate surface area is 180 Å². The van der Waals surface area contributed by atoms with Crippen molar-refractivity contribution in [3.63, 3.8) is 0 Å². The van der Waals surface area contributed by atoms with Crippen molar-refractivity contribution < 1.29 is 14.8 Å². The maximum Gasteiger partial charge on any atom is 0.122 e. The Morgan fingerprint density at radius 1 is 0.833 bits per heavy atom. The van der Waals surface area contributed by atoms with Gasteiger partial charge in [-0.25, -0.2) is 0 Å². The summed E-state index contributed by atoms with van der Waals surface area (Å²) in [6, 6.07) is 25.5. The van der Waals surface area contributed by atoms with Crippen LogP contribution in [0.25, 0.3) is 0 Å². The zero-order chi connectivity index (χ0) is 21.3. The summed E-state index contributed by atoms with van der Waals surface area (Å²) in [6.45, 7) is 2.01. The van der Waals surface area contributed by atoms with Crippen molar-refractivity contribution in [1.29, 1.82) is 0 Å². The number of hydrogen-bond donors (Lipinski definition) is 1. The SMILES string of the molecule is COc1ccc([C@H](CC[NH2+]Cc2ccc(N(C)C)cc2)c2ccccc2OC)cc1. The molecule has 4 heteroatoms. The van der Waals surface area contributed by atoms with Crippen molar-refractivity contribution in [2.45, 2.75) is 18.9 Å². The first-order chi connectivity index (χ1) is 14.6. The van der Waals surface area contributed by atoms with Crippen LogP contribution in [0.5, 0.6) is 11.5 Å². The van der Waals surface area contributed by atoms with Crippen LogP contribution in [0.2, 0.25) is 0 Å². The molecule has 0 aliphatic carbocycles. The molecular formula is C26H33N2O2+. The van der Waals surface area contributed by atoms with Gasteiger partial charge >= 0.3 is 0 Å². The van der Waals surface area contributed by atoms with Crippen LogP contribution in [-0.4, -0.2) is 34.9 Å². The predicted molar refractivity (Wildman–Crippen MR) is 124 cm³/mol. The first-order valence-electron chi connectivity index (χ1n) is 10.5. The molecule has 0 aliphatic rings. The molecule has 0 unspecified atom stereocenters. The lowest BCUT2D eigenvalue weighted by Crippen LogP contribution is -2.82. The third kappa shape index (κ3) is 5.55. The highest BCUT2D eigenvalue weighted by Gasteiger charge is 2.19. The molecule has 0 heterocycles. The van der Waals surface area contributed by atoms with Crippen LogP contribution in [0, 0.1) is 0 Å². The minimum absolute atomic E-state index is 0.277. The number of rotatable bonds is 10. The van der Waals surface area contributed by atoms with Gasteiger partial charge in [-0.3, -0.25) is 0 Å². The van der Waals surface area contributed by atoms with E-state index < -0.39 is 0 Å². The summed E-state index contributed by atoms with van der Waals surface area (Å²) in [6.07, 6.45) is 1.03. The molecule has 0 spiro atoms. The van der Waals surface area contributed by atoms with E-state index in [2.05, 4.69) is 72.8 Å². The highest BCUT2D eigenvalue weighted by molar-refractivity contribution is 5.46. The lowest BCUT2D eigenvalue weighted by Gasteiger charge is -2.20. The van der Waals surface area contributed by atoms with E-state index in [4.69, 9.17) is 9.47 Å². The summed E-state index contributed by atoms with van der Waals surface area (Å²) in [5.41, 5.74) is 5.09. The Balaban J connectivity index is 1.69. The number of nitrogens with zero attached hydrogens (tertiary/aromatic N) is 1. The molecule has 0 fully saturated rings. The average molecular weight is 406 g/mol. The standard InChI is InChI=1S/C26H32N2O2/c1-28(2)22-13-9-20(10-14-22)19-27-18-17-24(21-11-15-23(29-3)16-12-21)25-7-5-6-8-26(25)30-4/h5-16,24,27H,17-19H2,1-4H3/p+1/t24-/m0/s1. The van der Waals surface area contributed by atoms with E-state index in [-0.39, 0.29) is 5.92 Å². The summed E-state index contributed by atoms with van der Waals surface area (Å²) in [4.78, 5) is 2.13. The summed E-state index contributed by atoms with van der Waals surface area (Å²) in [5, 5.41) is 2.39. The van der Waals surface area contributed by atoms with Crippen molar-refractivity contribution in [2.75, 3.05) is 39.8 Å². The van der Waals surface area contributed by atoms with Gasteiger partial charge in [-0.15, -0.1) is 0 Å². The van der Waals surface area contributed by atoms with Gasteiger partial charge < -0.3 is 19.7 Å². The van der Waals surface area contributed by atoms with Crippen molar-refractivity contribution in [1.82, 2.24) is 0 Å². The molecule has 0 aromatic heterocycles. The summed E-state index contributed by atoms with van der Waals surface area (Å²) >= 11 is 0. The number of nitrogens with two attached hydrogens (primary N) is 1. The molecule has 3 aromatic carbocycles. The van der Waals surface area contributed by atoms with E-state index in [0.717, 1.165) is 31.0 Å². The smallest absolute Gasteiger partial charge is 0.122 e. The number of anilines is 1. The van der Waals surface area contributed by atoms with Gasteiger partial charge in [0.15, 0.2) is 0 Å². The Bertz CT molecular complexity index is 905. The molecular weight excluding hydrogens is 372 g/mol. The zero-order valence-electron chi connectivity index (χ0n) is 18.5. The second-order valence-electron chi connectivity index (χ2n) is 7.70.